The number of alkyl halides is 1. The normalized spacial score (nSPS) is 16.6. The number of aromatic amines is 1. The lowest BCUT2D eigenvalue weighted by atomic mass is 10.0. The van der Waals surface area contributed by atoms with Gasteiger partial charge in [0.2, 0.25) is 5.91 Å². The quantitative estimate of drug-likeness (QED) is 0.257. The third kappa shape index (κ3) is 4.98. The number of carbonyl (C=O) groups is 2. The first-order valence-corrected chi connectivity index (χ1v) is 13.4. The second-order valence-corrected chi connectivity index (χ2v) is 9.54. The van der Waals surface area contributed by atoms with Crippen LogP contribution in [0, 0.1) is 5.82 Å². The number of nitrogens with one attached hydrogen (secondary N) is 3. The van der Waals surface area contributed by atoms with E-state index >= 15 is 0 Å². The fraction of sp³-hybridized carbons (Fsp3) is 0.296. The topological polar surface area (TPSA) is 109 Å². The molecule has 0 radical (unpaired) electrons. The molecule has 0 spiro atoms. The van der Waals surface area contributed by atoms with Crippen LogP contribution in [0.4, 0.5) is 15.8 Å². The minimum Gasteiger partial charge on any atom is -0.492 e. The molecule has 4 heterocycles. The van der Waals surface area contributed by atoms with Gasteiger partial charge in [0, 0.05) is 42.3 Å². The summed E-state index contributed by atoms with van der Waals surface area (Å²) < 4.78 is 25.9. The van der Waals surface area contributed by atoms with E-state index in [1.807, 2.05) is 0 Å². The summed E-state index contributed by atoms with van der Waals surface area (Å²) in [5.74, 6) is -0.264. The van der Waals surface area contributed by atoms with E-state index in [0.717, 1.165) is 12.1 Å². The number of amides is 2. The number of hydrogen-bond donors (Lipinski definition) is 3. The van der Waals surface area contributed by atoms with Crippen molar-refractivity contribution in [1.29, 1.82) is 0 Å². The Morgan fingerprint density at radius 1 is 1.37 bits per heavy atom. The van der Waals surface area contributed by atoms with Crippen LogP contribution >= 0.6 is 15.9 Å². The molecule has 0 saturated carbocycles. The minimum absolute atomic E-state index is 0.0412. The zero-order valence-electron chi connectivity index (χ0n) is 20.7. The van der Waals surface area contributed by atoms with E-state index in [2.05, 4.69) is 36.5 Å². The average Bonchev–Trinajstić information content (AvgIpc) is 3.26. The SMILES string of the molecule is COc1c(F)cccc1Nc1c(-c2ccncc2OC[C@@H]2CCN2C(=O)/C=C/CBr)[nH]c2c1C(=O)NCC2. The molecule has 2 amide bonds. The van der Waals surface area contributed by atoms with Crippen molar-refractivity contribution in [2.75, 3.05) is 37.5 Å². The Morgan fingerprint density at radius 3 is 3.00 bits per heavy atom. The molecular weight excluding hydrogens is 557 g/mol. The van der Waals surface area contributed by atoms with Crippen LogP contribution in [0.5, 0.6) is 11.5 Å². The molecule has 0 aliphatic carbocycles. The number of anilines is 2. The zero-order valence-corrected chi connectivity index (χ0v) is 22.3. The number of carbonyl (C=O) groups excluding carboxylic acids is 2. The van der Waals surface area contributed by atoms with E-state index in [0.29, 0.717) is 65.4 Å². The van der Waals surface area contributed by atoms with Crippen LogP contribution < -0.4 is 20.1 Å². The van der Waals surface area contributed by atoms with Crippen LogP contribution in [0.1, 0.15) is 22.5 Å². The molecule has 1 atom stereocenters. The summed E-state index contributed by atoms with van der Waals surface area (Å²) in [5.41, 5.74) is 3.37. The molecule has 0 bridgehead atoms. The van der Waals surface area contributed by atoms with Gasteiger partial charge in [0.05, 0.1) is 42.0 Å². The molecule has 5 rings (SSSR count). The predicted octanol–water partition coefficient (Wildman–Crippen LogP) is 4.18. The number of ether oxygens (including phenoxy) is 2. The van der Waals surface area contributed by atoms with Gasteiger partial charge < -0.3 is 30.0 Å². The number of hydrogen-bond acceptors (Lipinski definition) is 6. The standard InChI is InChI=1S/C27H27BrFN5O4/c1-37-26-18(29)4-2-5-20(26)33-25-23-19(8-12-31-27(23)36)32-24(25)17-7-11-30-14-21(17)38-15-16-9-13-34(16)22(35)6-3-10-28/h2-7,11,14,16,32-33H,8-10,12-13,15H2,1H3,(H,31,36)/b6-3+/t16-/m0/s1. The molecule has 1 aromatic carbocycles. The van der Waals surface area contributed by atoms with E-state index in [1.54, 1.807) is 47.6 Å². The molecule has 1 saturated heterocycles. The number of H-pyrrole nitrogens is 1. The van der Waals surface area contributed by atoms with Gasteiger partial charge in [0.1, 0.15) is 12.4 Å². The van der Waals surface area contributed by atoms with E-state index in [-0.39, 0.29) is 23.6 Å². The molecule has 3 N–H and O–H groups in total. The molecule has 2 aromatic heterocycles. The zero-order chi connectivity index (χ0) is 26.6. The Morgan fingerprint density at radius 2 is 2.24 bits per heavy atom. The number of halogens is 2. The van der Waals surface area contributed by atoms with Gasteiger partial charge in [0.25, 0.3) is 5.91 Å². The number of para-hydroxylation sites is 1. The first-order chi connectivity index (χ1) is 18.5. The van der Waals surface area contributed by atoms with Crippen molar-refractivity contribution in [1.82, 2.24) is 20.2 Å². The molecule has 9 nitrogen and oxygen atoms in total. The van der Waals surface area contributed by atoms with Crippen LogP contribution in [-0.4, -0.2) is 64.9 Å². The smallest absolute Gasteiger partial charge is 0.255 e. The summed E-state index contributed by atoms with van der Waals surface area (Å²) in [4.78, 5) is 34.7. The molecule has 0 unspecified atom stereocenters. The highest BCUT2D eigenvalue weighted by molar-refractivity contribution is 9.09. The monoisotopic (exact) mass is 583 g/mol. The molecule has 11 heteroatoms. The molecule has 2 aliphatic heterocycles. The maximum atomic E-state index is 14.4. The minimum atomic E-state index is -0.522. The summed E-state index contributed by atoms with van der Waals surface area (Å²) in [6.07, 6.45) is 8.02. The van der Waals surface area contributed by atoms with Crippen LogP contribution in [0.15, 0.2) is 48.8 Å². The van der Waals surface area contributed by atoms with Gasteiger partial charge in [-0.3, -0.25) is 14.6 Å². The van der Waals surface area contributed by atoms with Gasteiger partial charge in [-0.1, -0.05) is 28.1 Å². The van der Waals surface area contributed by atoms with Gasteiger partial charge in [-0.15, -0.1) is 0 Å². The number of benzene rings is 1. The fourth-order valence-electron chi connectivity index (χ4n) is 4.69. The maximum absolute atomic E-state index is 14.4. The number of aromatic nitrogens is 2. The van der Waals surface area contributed by atoms with Gasteiger partial charge in [0.15, 0.2) is 11.6 Å². The Balaban J connectivity index is 1.48. The van der Waals surface area contributed by atoms with Crippen molar-refractivity contribution in [3.8, 4) is 22.8 Å². The summed E-state index contributed by atoms with van der Waals surface area (Å²) in [6, 6.07) is 6.30. The highest BCUT2D eigenvalue weighted by atomic mass is 79.9. The Bertz CT molecular complexity index is 1390. The van der Waals surface area contributed by atoms with Crippen LogP contribution in [-0.2, 0) is 11.2 Å². The summed E-state index contributed by atoms with van der Waals surface area (Å²) in [6.45, 7) is 1.48. The van der Waals surface area contributed by atoms with E-state index in [1.165, 1.54) is 13.2 Å². The average molecular weight is 584 g/mol. The number of nitrogens with zero attached hydrogens (tertiary/aromatic N) is 2. The second-order valence-electron chi connectivity index (χ2n) is 8.89. The first-order valence-electron chi connectivity index (χ1n) is 12.2. The van der Waals surface area contributed by atoms with E-state index < -0.39 is 5.82 Å². The second kappa shape index (κ2) is 11.3. The van der Waals surface area contributed by atoms with Crippen molar-refractivity contribution in [2.45, 2.75) is 18.9 Å². The van der Waals surface area contributed by atoms with Crippen molar-refractivity contribution < 1.29 is 23.5 Å². The highest BCUT2D eigenvalue weighted by Gasteiger charge is 2.32. The summed E-state index contributed by atoms with van der Waals surface area (Å²) >= 11 is 3.29. The van der Waals surface area contributed by atoms with E-state index in [9.17, 15) is 14.0 Å². The number of allylic oxidation sites excluding steroid dienone is 1. The molecule has 2 aliphatic rings. The molecule has 38 heavy (non-hydrogen) atoms. The summed E-state index contributed by atoms with van der Waals surface area (Å²) in [7, 11) is 1.39. The molecule has 198 valence electrons. The number of pyridine rings is 1. The molecule has 3 aromatic rings. The third-order valence-electron chi connectivity index (χ3n) is 6.66. The number of methoxy groups -OCH3 is 1. The number of likely N-dealkylation sites (tertiary alicyclic amines) is 1. The first kappa shape index (κ1) is 25.8. The van der Waals surface area contributed by atoms with Crippen molar-refractivity contribution in [3.63, 3.8) is 0 Å². The lowest BCUT2D eigenvalue weighted by Crippen LogP contribution is -2.53. The number of rotatable bonds is 9. The third-order valence-corrected chi connectivity index (χ3v) is 7.03. The number of fused-ring (bicyclic) bond motifs is 1. The Hall–Kier alpha value is -3.86. The van der Waals surface area contributed by atoms with Gasteiger partial charge >= 0.3 is 0 Å². The lowest BCUT2D eigenvalue weighted by molar-refractivity contribution is -0.134. The largest absolute Gasteiger partial charge is 0.492 e. The van der Waals surface area contributed by atoms with Crippen molar-refractivity contribution in [3.05, 3.63) is 65.9 Å². The molecular formula is C27H27BrFN5O4. The van der Waals surface area contributed by atoms with Crippen LogP contribution in [0.3, 0.4) is 0 Å². The van der Waals surface area contributed by atoms with Gasteiger partial charge in [-0.2, -0.15) is 0 Å². The van der Waals surface area contributed by atoms with Gasteiger partial charge in [-0.05, 0) is 30.7 Å². The maximum Gasteiger partial charge on any atom is 0.255 e. The Labute approximate surface area is 227 Å². The van der Waals surface area contributed by atoms with Crippen molar-refractivity contribution >= 4 is 39.1 Å². The Kier molecular flexibility index (Phi) is 7.64. The van der Waals surface area contributed by atoms with E-state index in [4.69, 9.17) is 9.47 Å². The predicted molar refractivity (Wildman–Crippen MR) is 145 cm³/mol. The fourth-order valence-corrected chi connectivity index (χ4v) is 4.88. The summed E-state index contributed by atoms with van der Waals surface area (Å²) in [5, 5.41) is 6.72. The van der Waals surface area contributed by atoms with Crippen LogP contribution in [0.25, 0.3) is 11.3 Å². The molecule has 1 fully saturated rings. The van der Waals surface area contributed by atoms with Crippen molar-refractivity contribution in [2.24, 2.45) is 0 Å². The lowest BCUT2D eigenvalue weighted by Gasteiger charge is -2.40. The highest BCUT2D eigenvalue weighted by Crippen LogP contribution is 2.42. The van der Waals surface area contributed by atoms with Gasteiger partial charge in [-0.25, -0.2) is 4.39 Å². The van der Waals surface area contributed by atoms with Crippen LogP contribution in [0.2, 0.25) is 0 Å².